The van der Waals surface area contributed by atoms with Crippen LogP contribution in [0.3, 0.4) is 0 Å². The molecule has 0 bridgehead atoms. The molecule has 4 rings (SSSR count). The smallest absolute Gasteiger partial charge is 0.408 e. The van der Waals surface area contributed by atoms with E-state index in [0.29, 0.717) is 17.9 Å². The van der Waals surface area contributed by atoms with Crippen LogP contribution in [-0.4, -0.2) is 27.1 Å². The monoisotopic (exact) mass is 433 g/mol. The molecule has 0 unspecified atom stereocenters. The first kappa shape index (κ1) is 21.2. The summed E-state index contributed by atoms with van der Waals surface area (Å²) in [6.07, 6.45) is 1.39. The van der Waals surface area contributed by atoms with Crippen LogP contribution in [0.15, 0.2) is 65.2 Å². The zero-order valence-corrected chi connectivity index (χ0v) is 17.5. The topological polar surface area (TPSA) is 117 Å². The molecule has 1 amide bonds. The van der Waals surface area contributed by atoms with Gasteiger partial charge in [-0.3, -0.25) is 4.79 Å². The second-order valence-electron chi connectivity index (χ2n) is 7.45. The van der Waals surface area contributed by atoms with Crippen molar-refractivity contribution in [3.05, 3.63) is 89.3 Å². The lowest BCUT2D eigenvalue weighted by atomic mass is 10.0. The average Bonchev–Trinajstić information content (AvgIpc) is 3.36. The molecule has 3 N–H and O–H groups in total. The number of aromatic amines is 1. The van der Waals surface area contributed by atoms with Crippen LogP contribution >= 0.6 is 0 Å². The third-order valence-corrected chi connectivity index (χ3v) is 5.13. The SMILES string of the molecule is Cc1oc([C@@H](Cc2c[nH]c3ccccc23)NC(=O)OCc2ccccc2)nc1CC(=O)O. The van der Waals surface area contributed by atoms with E-state index in [1.807, 2.05) is 60.8 Å². The molecule has 2 heterocycles. The van der Waals surface area contributed by atoms with Crippen molar-refractivity contribution in [3.63, 3.8) is 0 Å². The first-order valence-electron chi connectivity index (χ1n) is 10.2. The predicted octanol–water partition coefficient (Wildman–Crippen LogP) is 4.30. The van der Waals surface area contributed by atoms with Gasteiger partial charge in [0, 0.05) is 23.5 Å². The number of oxazole rings is 1. The third kappa shape index (κ3) is 4.97. The predicted molar refractivity (Wildman–Crippen MR) is 117 cm³/mol. The summed E-state index contributed by atoms with van der Waals surface area (Å²) in [5.74, 6) is -0.358. The number of para-hydroxylation sites is 1. The quantitative estimate of drug-likeness (QED) is 0.381. The van der Waals surface area contributed by atoms with Crippen molar-refractivity contribution in [2.24, 2.45) is 0 Å². The van der Waals surface area contributed by atoms with E-state index in [1.165, 1.54) is 0 Å². The number of carboxylic acid groups (broad SMARTS) is 1. The maximum absolute atomic E-state index is 12.6. The summed E-state index contributed by atoms with van der Waals surface area (Å²) in [4.78, 5) is 31.3. The molecule has 2 aromatic heterocycles. The Balaban J connectivity index is 1.56. The second-order valence-corrected chi connectivity index (χ2v) is 7.45. The number of aliphatic carboxylic acids is 1. The number of benzene rings is 2. The Labute approximate surface area is 184 Å². The van der Waals surface area contributed by atoms with Gasteiger partial charge in [0.1, 0.15) is 18.4 Å². The summed E-state index contributed by atoms with van der Waals surface area (Å²) in [6.45, 7) is 1.78. The van der Waals surface area contributed by atoms with Gasteiger partial charge in [-0.15, -0.1) is 0 Å². The van der Waals surface area contributed by atoms with Crippen LogP contribution in [0.2, 0.25) is 0 Å². The molecule has 0 saturated heterocycles. The number of carboxylic acids is 1. The number of fused-ring (bicyclic) bond motifs is 1. The first-order chi connectivity index (χ1) is 15.5. The number of rotatable bonds is 8. The van der Waals surface area contributed by atoms with Gasteiger partial charge in [0.05, 0.1) is 12.1 Å². The van der Waals surface area contributed by atoms with Crippen molar-refractivity contribution in [2.45, 2.75) is 32.4 Å². The van der Waals surface area contributed by atoms with Crippen molar-refractivity contribution < 1.29 is 23.8 Å². The van der Waals surface area contributed by atoms with Crippen LogP contribution in [0.5, 0.6) is 0 Å². The fourth-order valence-electron chi connectivity index (χ4n) is 3.53. The molecule has 4 aromatic rings. The van der Waals surface area contributed by atoms with Crippen LogP contribution in [-0.2, 0) is 29.0 Å². The van der Waals surface area contributed by atoms with Crippen molar-refractivity contribution in [1.82, 2.24) is 15.3 Å². The minimum atomic E-state index is -1.00. The van der Waals surface area contributed by atoms with Crippen molar-refractivity contribution in [3.8, 4) is 0 Å². The maximum Gasteiger partial charge on any atom is 0.408 e. The van der Waals surface area contributed by atoms with E-state index in [0.717, 1.165) is 22.0 Å². The molecule has 0 aliphatic carbocycles. The van der Waals surface area contributed by atoms with E-state index >= 15 is 0 Å². The molecule has 32 heavy (non-hydrogen) atoms. The van der Waals surface area contributed by atoms with Gasteiger partial charge in [0.2, 0.25) is 5.89 Å². The van der Waals surface area contributed by atoms with E-state index in [2.05, 4.69) is 15.3 Å². The fourth-order valence-corrected chi connectivity index (χ4v) is 3.53. The molecule has 0 spiro atoms. The molecule has 0 aliphatic rings. The van der Waals surface area contributed by atoms with E-state index in [-0.39, 0.29) is 18.9 Å². The van der Waals surface area contributed by atoms with Gasteiger partial charge in [-0.05, 0) is 24.1 Å². The summed E-state index contributed by atoms with van der Waals surface area (Å²) in [6, 6.07) is 16.6. The van der Waals surface area contributed by atoms with Crippen LogP contribution in [0.1, 0.15) is 34.5 Å². The number of amides is 1. The number of aromatic nitrogens is 2. The Morgan fingerprint density at radius 2 is 1.91 bits per heavy atom. The summed E-state index contributed by atoms with van der Waals surface area (Å²) >= 11 is 0. The summed E-state index contributed by atoms with van der Waals surface area (Å²) in [5.41, 5.74) is 3.13. The standard InChI is InChI=1S/C24H23N3O5/c1-15-20(12-22(28)29)26-23(32-15)21(11-17-13-25-19-10-6-5-9-18(17)19)27-24(30)31-14-16-7-3-2-4-8-16/h2-10,13,21,25H,11-12,14H2,1H3,(H,27,30)(H,28,29)/t21-/m1/s1. The number of alkyl carbamates (subject to hydrolysis) is 1. The summed E-state index contributed by atoms with van der Waals surface area (Å²) < 4.78 is 11.1. The molecule has 1 atom stereocenters. The molecular weight excluding hydrogens is 410 g/mol. The van der Waals surface area contributed by atoms with E-state index in [1.54, 1.807) is 6.92 Å². The van der Waals surface area contributed by atoms with Crippen molar-refractivity contribution in [2.75, 3.05) is 0 Å². The van der Waals surface area contributed by atoms with E-state index in [4.69, 9.17) is 14.3 Å². The fraction of sp³-hybridized carbons (Fsp3) is 0.208. The normalized spacial score (nSPS) is 11.9. The lowest BCUT2D eigenvalue weighted by Crippen LogP contribution is -2.30. The lowest BCUT2D eigenvalue weighted by molar-refractivity contribution is -0.136. The second kappa shape index (κ2) is 9.38. The van der Waals surface area contributed by atoms with Gasteiger partial charge in [0.15, 0.2) is 0 Å². The van der Waals surface area contributed by atoms with E-state index < -0.39 is 18.1 Å². The molecule has 8 nitrogen and oxygen atoms in total. The minimum absolute atomic E-state index is 0.126. The molecule has 0 aliphatic heterocycles. The minimum Gasteiger partial charge on any atom is -0.481 e. The number of nitrogens with one attached hydrogen (secondary N) is 2. The lowest BCUT2D eigenvalue weighted by Gasteiger charge is -2.15. The number of ether oxygens (including phenoxy) is 1. The van der Waals surface area contributed by atoms with Crippen LogP contribution in [0.25, 0.3) is 10.9 Å². The number of H-pyrrole nitrogens is 1. The van der Waals surface area contributed by atoms with Crippen LogP contribution in [0, 0.1) is 6.92 Å². The molecular formula is C24H23N3O5. The van der Waals surface area contributed by atoms with Gasteiger partial charge in [0.25, 0.3) is 0 Å². The van der Waals surface area contributed by atoms with Gasteiger partial charge in [-0.25, -0.2) is 9.78 Å². The van der Waals surface area contributed by atoms with Gasteiger partial charge in [-0.1, -0.05) is 48.5 Å². The Morgan fingerprint density at radius 3 is 2.69 bits per heavy atom. The highest BCUT2D eigenvalue weighted by molar-refractivity contribution is 5.83. The number of hydrogen-bond donors (Lipinski definition) is 3. The molecule has 2 aromatic carbocycles. The van der Waals surface area contributed by atoms with E-state index in [9.17, 15) is 9.59 Å². The highest BCUT2D eigenvalue weighted by Gasteiger charge is 2.25. The molecule has 164 valence electrons. The Bertz CT molecular complexity index is 1230. The van der Waals surface area contributed by atoms with Crippen LogP contribution in [0.4, 0.5) is 4.79 Å². The average molecular weight is 433 g/mol. The van der Waals surface area contributed by atoms with Crippen molar-refractivity contribution >= 4 is 23.0 Å². The maximum atomic E-state index is 12.6. The van der Waals surface area contributed by atoms with Gasteiger partial charge < -0.3 is 24.6 Å². The highest BCUT2D eigenvalue weighted by atomic mass is 16.5. The zero-order chi connectivity index (χ0) is 22.5. The number of hydrogen-bond acceptors (Lipinski definition) is 5. The number of nitrogens with zero attached hydrogens (tertiary/aromatic N) is 1. The third-order valence-electron chi connectivity index (χ3n) is 5.13. The van der Waals surface area contributed by atoms with Crippen LogP contribution < -0.4 is 5.32 Å². The largest absolute Gasteiger partial charge is 0.481 e. The summed E-state index contributed by atoms with van der Waals surface area (Å²) in [7, 11) is 0. The molecule has 8 heteroatoms. The Morgan fingerprint density at radius 1 is 1.16 bits per heavy atom. The molecule has 0 radical (unpaired) electrons. The zero-order valence-electron chi connectivity index (χ0n) is 17.5. The first-order valence-corrected chi connectivity index (χ1v) is 10.2. The molecule has 0 fully saturated rings. The highest BCUT2D eigenvalue weighted by Crippen LogP contribution is 2.26. The number of carbonyl (C=O) groups excluding carboxylic acids is 1. The number of carbonyl (C=O) groups is 2. The van der Waals surface area contributed by atoms with Gasteiger partial charge in [-0.2, -0.15) is 0 Å². The van der Waals surface area contributed by atoms with Gasteiger partial charge >= 0.3 is 12.1 Å². The number of aryl methyl sites for hydroxylation is 1. The Kier molecular flexibility index (Phi) is 6.21. The summed E-state index contributed by atoms with van der Waals surface area (Å²) in [5, 5.41) is 13.0. The Hall–Kier alpha value is -4.07. The molecule has 0 saturated carbocycles. The van der Waals surface area contributed by atoms with Crippen molar-refractivity contribution in [1.29, 1.82) is 0 Å².